The summed E-state index contributed by atoms with van der Waals surface area (Å²) in [6.07, 6.45) is 0. The number of nitrogens with one attached hydrogen (secondary N) is 1. The van der Waals surface area contributed by atoms with Crippen molar-refractivity contribution in [1.82, 2.24) is 5.32 Å². The van der Waals surface area contributed by atoms with E-state index in [-0.39, 0.29) is 10.8 Å². The van der Waals surface area contributed by atoms with Gasteiger partial charge >= 0.3 is 0 Å². The molecule has 0 spiro atoms. The smallest absolute Gasteiger partial charge is 0.141 e. The highest BCUT2D eigenvalue weighted by atomic mass is 35.5. The number of rotatable bonds is 6. The summed E-state index contributed by atoms with van der Waals surface area (Å²) in [5.41, 5.74) is 2.30. The van der Waals surface area contributed by atoms with Crippen LogP contribution in [0.15, 0.2) is 47.4 Å². The second kappa shape index (κ2) is 7.83. The van der Waals surface area contributed by atoms with Crippen LogP contribution in [0.2, 0.25) is 5.02 Å². The summed E-state index contributed by atoms with van der Waals surface area (Å²) in [6.45, 7) is 5.22. The van der Waals surface area contributed by atoms with Crippen molar-refractivity contribution < 1.29 is 4.39 Å². The molecule has 0 aliphatic rings. The summed E-state index contributed by atoms with van der Waals surface area (Å²) in [6, 6.07) is 13.7. The molecule has 1 unspecified atom stereocenters. The number of hydrogen-bond donors (Lipinski definition) is 1. The second-order valence-electron chi connectivity index (χ2n) is 4.89. The number of thioether (sulfide) groups is 1. The van der Waals surface area contributed by atoms with E-state index in [1.807, 2.05) is 0 Å². The number of halogens is 2. The van der Waals surface area contributed by atoms with E-state index in [0.29, 0.717) is 6.04 Å². The highest BCUT2D eigenvalue weighted by molar-refractivity contribution is 7.98. The van der Waals surface area contributed by atoms with Gasteiger partial charge in [0, 0.05) is 16.7 Å². The molecule has 0 saturated heterocycles. The molecule has 0 saturated carbocycles. The minimum Gasteiger partial charge on any atom is -0.310 e. The van der Waals surface area contributed by atoms with E-state index in [1.165, 1.54) is 16.5 Å². The Kier molecular flexibility index (Phi) is 6.09. The first kappa shape index (κ1) is 16.3. The van der Waals surface area contributed by atoms with Crippen molar-refractivity contribution in [3.05, 3.63) is 64.4 Å². The Morgan fingerprint density at radius 3 is 2.76 bits per heavy atom. The van der Waals surface area contributed by atoms with E-state index in [1.54, 1.807) is 23.9 Å². The van der Waals surface area contributed by atoms with Gasteiger partial charge in [0.25, 0.3) is 0 Å². The van der Waals surface area contributed by atoms with Crippen LogP contribution in [0.4, 0.5) is 4.39 Å². The van der Waals surface area contributed by atoms with E-state index < -0.39 is 0 Å². The molecular formula is C17H19ClFNS. The van der Waals surface area contributed by atoms with Gasteiger partial charge in [0.05, 0.1) is 5.02 Å². The lowest BCUT2D eigenvalue weighted by Crippen LogP contribution is -2.17. The van der Waals surface area contributed by atoms with Gasteiger partial charge in [0.15, 0.2) is 0 Å². The van der Waals surface area contributed by atoms with Crippen molar-refractivity contribution in [3.63, 3.8) is 0 Å². The first-order chi connectivity index (χ1) is 10.1. The topological polar surface area (TPSA) is 12.0 Å². The molecule has 4 heteroatoms. The zero-order valence-corrected chi connectivity index (χ0v) is 13.8. The van der Waals surface area contributed by atoms with Gasteiger partial charge in [0.1, 0.15) is 5.82 Å². The largest absolute Gasteiger partial charge is 0.310 e. The average molecular weight is 324 g/mol. The Labute approximate surface area is 134 Å². The molecule has 0 aliphatic carbocycles. The molecule has 112 valence electrons. The fourth-order valence-corrected chi connectivity index (χ4v) is 3.20. The Morgan fingerprint density at radius 2 is 2.05 bits per heavy atom. The molecule has 1 atom stereocenters. The molecule has 1 N–H and O–H groups in total. The van der Waals surface area contributed by atoms with Gasteiger partial charge in [-0.15, -0.1) is 11.8 Å². The van der Waals surface area contributed by atoms with E-state index in [2.05, 4.69) is 43.4 Å². The van der Waals surface area contributed by atoms with Crippen LogP contribution in [0, 0.1) is 5.82 Å². The zero-order valence-electron chi connectivity index (χ0n) is 12.2. The van der Waals surface area contributed by atoms with Crippen LogP contribution in [0.25, 0.3) is 0 Å². The summed E-state index contributed by atoms with van der Waals surface area (Å²) < 4.78 is 13.1. The van der Waals surface area contributed by atoms with Crippen LogP contribution in [0.3, 0.4) is 0 Å². The Balaban J connectivity index is 2.02. The Bertz CT molecular complexity index is 603. The third-order valence-electron chi connectivity index (χ3n) is 3.26. The van der Waals surface area contributed by atoms with Gasteiger partial charge in [-0.2, -0.15) is 0 Å². The van der Waals surface area contributed by atoms with E-state index in [9.17, 15) is 4.39 Å². The van der Waals surface area contributed by atoms with Crippen molar-refractivity contribution in [3.8, 4) is 0 Å². The molecule has 0 heterocycles. The average Bonchev–Trinajstić information content (AvgIpc) is 2.49. The number of hydrogen-bond acceptors (Lipinski definition) is 2. The molecule has 1 nitrogen and oxygen atoms in total. The highest BCUT2D eigenvalue weighted by Gasteiger charge is 2.06. The third kappa shape index (κ3) is 4.73. The van der Waals surface area contributed by atoms with Gasteiger partial charge in [0.2, 0.25) is 0 Å². The van der Waals surface area contributed by atoms with Crippen molar-refractivity contribution in [2.24, 2.45) is 0 Å². The van der Waals surface area contributed by atoms with E-state index in [0.717, 1.165) is 17.9 Å². The molecule has 21 heavy (non-hydrogen) atoms. The van der Waals surface area contributed by atoms with E-state index >= 15 is 0 Å². The summed E-state index contributed by atoms with van der Waals surface area (Å²) >= 11 is 7.53. The maximum absolute atomic E-state index is 13.1. The van der Waals surface area contributed by atoms with Crippen molar-refractivity contribution in [2.45, 2.75) is 30.5 Å². The lowest BCUT2D eigenvalue weighted by molar-refractivity contribution is 0.597. The monoisotopic (exact) mass is 323 g/mol. The summed E-state index contributed by atoms with van der Waals surface area (Å²) in [5.74, 6) is 0.408. The number of benzene rings is 2. The molecule has 0 fully saturated rings. The van der Waals surface area contributed by atoms with Gasteiger partial charge in [-0.05, 0) is 48.9 Å². The molecule has 0 radical (unpaired) electrons. The van der Waals surface area contributed by atoms with Crippen LogP contribution in [-0.2, 0) is 5.75 Å². The minimum atomic E-state index is -0.369. The molecule has 2 aromatic rings. The maximum atomic E-state index is 13.1. The van der Waals surface area contributed by atoms with Crippen LogP contribution >= 0.6 is 23.4 Å². The van der Waals surface area contributed by atoms with Crippen LogP contribution < -0.4 is 5.32 Å². The van der Waals surface area contributed by atoms with Crippen molar-refractivity contribution in [2.75, 3.05) is 6.54 Å². The lowest BCUT2D eigenvalue weighted by Gasteiger charge is -2.13. The fourth-order valence-electron chi connectivity index (χ4n) is 2.09. The predicted octanol–water partition coefficient (Wildman–Crippen LogP) is 5.44. The first-order valence-corrected chi connectivity index (χ1v) is 8.36. The standard InChI is InChI=1S/C17H19ClFNS/c1-3-20-12(2)14-5-4-6-15(10-14)21-11-13-7-8-17(19)16(18)9-13/h4-10,12,20H,3,11H2,1-2H3. The van der Waals surface area contributed by atoms with Crippen LogP contribution in [-0.4, -0.2) is 6.54 Å². The molecule has 2 rings (SSSR count). The van der Waals surface area contributed by atoms with Gasteiger partial charge in [-0.1, -0.05) is 36.7 Å². The summed E-state index contributed by atoms with van der Waals surface area (Å²) in [4.78, 5) is 1.21. The third-order valence-corrected chi connectivity index (χ3v) is 4.61. The minimum absolute atomic E-state index is 0.183. The molecule has 0 amide bonds. The molecule has 2 aromatic carbocycles. The summed E-state index contributed by atoms with van der Waals surface area (Å²) in [5, 5.41) is 3.59. The SMILES string of the molecule is CCNC(C)c1cccc(SCc2ccc(F)c(Cl)c2)c1. The van der Waals surface area contributed by atoms with Crippen LogP contribution in [0.5, 0.6) is 0 Å². The van der Waals surface area contributed by atoms with Gasteiger partial charge in [-0.25, -0.2) is 4.39 Å². The van der Waals surface area contributed by atoms with Crippen molar-refractivity contribution in [1.29, 1.82) is 0 Å². The second-order valence-corrected chi connectivity index (χ2v) is 6.34. The predicted molar refractivity (Wildman–Crippen MR) is 89.5 cm³/mol. The van der Waals surface area contributed by atoms with Gasteiger partial charge < -0.3 is 5.32 Å². The fraction of sp³-hybridized carbons (Fsp3) is 0.294. The molecule has 0 aromatic heterocycles. The maximum Gasteiger partial charge on any atom is 0.141 e. The Hall–Kier alpha value is -1.03. The lowest BCUT2D eigenvalue weighted by atomic mass is 10.1. The normalized spacial score (nSPS) is 12.4. The van der Waals surface area contributed by atoms with Crippen LogP contribution in [0.1, 0.15) is 31.0 Å². The van der Waals surface area contributed by atoms with Gasteiger partial charge in [-0.3, -0.25) is 0 Å². The molecule has 0 aliphatic heterocycles. The highest BCUT2D eigenvalue weighted by Crippen LogP contribution is 2.27. The zero-order chi connectivity index (χ0) is 15.2. The Morgan fingerprint density at radius 1 is 1.24 bits per heavy atom. The first-order valence-electron chi connectivity index (χ1n) is 7.00. The van der Waals surface area contributed by atoms with E-state index in [4.69, 9.17) is 11.6 Å². The van der Waals surface area contributed by atoms with Crippen molar-refractivity contribution >= 4 is 23.4 Å². The summed E-state index contributed by atoms with van der Waals surface area (Å²) in [7, 11) is 0. The molecule has 0 bridgehead atoms. The molecular weight excluding hydrogens is 305 g/mol. The quantitative estimate of drug-likeness (QED) is 0.710.